The number of carbonyl (C=O) groups excluding carboxylic acids is 4. The van der Waals surface area contributed by atoms with Crippen LogP contribution in [0.3, 0.4) is 0 Å². The van der Waals surface area contributed by atoms with Gasteiger partial charge in [0.15, 0.2) is 46.0 Å². The summed E-state index contributed by atoms with van der Waals surface area (Å²) in [7, 11) is 0. The van der Waals surface area contributed by atoms with Crippen LogP contribution in [0.15, 0.2) is 72.8 Å². The molecule has 0 aliphatic carbocycles. The molecule has 8 N–H and O–H groups in total. The molecule has 276 valence electrons. The van der Waals surface area contributed by atoms with Crippen LogP contribution in [0.1, 0.15) is 52.7 Å². The van der Waals surface area contributed by atoms with Crippen LogP contribution in [0.2, 0.25) is 0 Å². The first-order chi connectivity index (χ1) is 25.2. The standard InChI is InChI=1S/C36H32O14.CO2/c1-17(20-4-8-23(38)27(42)15-20)32(35(45)46)49-29(44)11-6-19-3-10-25(40)34-30(19)31(33(50-34)21-5-9-24(39)28(43)16-21)36(47)48-13-12-18-2-7-22(37)26(41)14-18;2-1-3/h2-11,14-17,31-33,37-43H,12-13H2,1H3,(H,45,46);/b11-6+;/t17?,31-,32+,33+;/m0./s1. The van der Waals surface area contributed by atoms with Gasteiger partial charge in [0.25, 0.3) is 0 Å². The molecule has 0 fully saturated rings. The van der Waals surface area contributed by atoms with Crippen LogP contribution in [-0.2, 0) is 39.9 Å². The van der Waals surface area contributed by atoms with Gasteiger partial charge < -0.3 is 55.1 Å². The van der Waals surface area contributed by atoms with Gasteiger partial charge in [-0.05, 0) is 70.8 Å². The number of carbonyl (C=O) groups is 3. The Labute approximate surface area is 299 Å². The summed E-state index contributed by atoms with van der Waals surface area (Å²) >= 11 is 0. The summed E-state index contributed by atoms with van der Waals surface area (Å²) in [6, 6.07) is 14.2. The lowest BCUT2D eigenvalue weighted by Gasteiger charge is -2.20. The van der Waals surface area contributed by atoms with Crippen LogP contribution in [-0.4, -0.2) is 77.6 Å². The highest BCUT2D eigenvalue weighted by molar-refractivity contribution is 5.91. The minimum absolute atomic E-state index is 0.0987. The summed E-state index contributed by atoms with van der Waals surface area (Å²) in [5.74, 6) is -8.62. The molecule has 1 heterocycles. The summed E-state index contributed by atoms with van der Waals surface area (Å²) < 4.78 is 16.8. The molecule has 0 saturated carbocycles. The average molecular weight is 733 g/mol. The van der Waals surface area contributed by atoms with E-state index in [4.69, 9.17) is 23.8 Å². The van der Waals surface area contributed by atoms with Crippen molar-refractivity contribution in [3.05, 3.63) is 101 Å². The fourth-order valence-electron chi connectivity index (χ4n) is 5.53. The fourth-order valence-corrected chi connectivity index (χ4v) is 5.53. The third-order valence-electron chi connectivity index (χ3n) is 8.19. The quantitative estimate of drug-likeness (QED) is 0.0617. The molecule has 1 unspecified atom stereocenters. The Bertz CT molecular complexity index is 2080. The predicted octanol–water partition coefficient (Wildman–Crippen LogP) is 3.86. The molecule has 0 radical (unpaired) electrons. The van der Waals surface area contributed by atoms with Gasteiger partial charge in [0, 0.05) is 24.0 Å². The number of benzene rings is 4. The number of phenols is 7. The molecule has 0 saturated heterocycles. The van der Waals surface area contributed by atoms with E-state index in [1.54, 1.807) is 0 Å². The molecule has 53 heavy (non-hydrogen) atoms. The summed E-state index contributed by atoms with van der Waals surface area (Å²) in [5.41, 5.74) is 1.34. The van der Waals surface area contributed by atoms with Crippen molar-refractivity contribution in [1.82, 2.24) is 0 Å². The number of carboxylic acids is 1. The van der Waals surface area contributed by atoms with Crippen LogP contribution >= 0.6 is 0 Å². The van der Waals surface area contributed by atoms with Crippen molar-refractivity contribution >= 4 is 30.1 Å². The molecule has 0 amide bonds. The smallest absolute Gasteiger partial charge is 0.373 e. The van der Waals surface area contributed by atoms with Gasteiger partial charge in [0.05, 0.1) is 6.61 Å². The van der Waals surface area contributed by atoms with E-state index in [0.717, 1.165) is 12.1 Å². The van der Waals surface area contributed by atoms with Gasteiger partial charge in [-0.2, -0.15) is 9.59 Å². The molecule has 5 rings (SSSR count). The SMILES string of the molecule is CC(c1ccc(O)c(O)c1)[C@@H](OC(=O)/C=C/c1ccc(O)c2c1[C@H](C(=O)OCCc1ccc(O)c(O)c1)[C@@H](c1ccc(O)c(O)c1)O2)C(=O)O.O=C=O. The van der Waals surface area contributed by atoms with Crippen LogP contribution in [0, 0.1) is 0 Å². The lowest BCUT2D eigenvalue weighted by Crippen LogP contribution is -2.31. The first kappa shape index (κ1) is 38.6. The van der Waals surface area contributed by atoms with Crippen LogP contribution in [0.25, 0.3) is 6.08 Å². The van der Waals surface area contributed by atoms with E-state index >= 15 is 0 Å². The topological polar surface area (TPSA) is 275 Å². The van der Waals surface area contributed by atoms with Crippen molar-refractivity contribution in [2.75, 3.05) is 6.61 Å². The lowest BCUT2D eigenvalue weighted by molar-refractivity contribution is -0.191. The molecular weight excluding hydrogens is 700 g/mol. The van der Waals surface area contributed by atoms with Gasteiger partial charge in [-0.1, -0.05) is 31.2 Å². The van der Waals surface area contributed by atoms with Crippen molar-refractivity contribution in [2.45, 2.75) is 37.4 Å². The molecule has 1 aliphatic heterocycles. The minimum atomic E-state index is -1.70. The molecule has 4 aromatic rings. The summed E-state index contributed by atoms with van der Waals surface area (Å²) in [6.45, 7) is 1.28. The number of phenolic OH excluding ortho intramolecular Hbond substituents is 7. The highest BCUT2D eigenvalue weighted by Crippen LogP contribution is 2.53. The molecule has 4 aromatic carbocycles. The first-order valence-corrected chi connectivity index (χ1v) is 15.5. The Morgan fingerprint density at radius 1 is 0.792 bits per heavy atom. The molecular formula is C37H32O16. The van der Waals surface area contributed by atoms with Gasteiger partial charge in [-0.3, -0.25) is 4.79 Å². The highest BCUT2D eigenvalue weighted by atomic mass is 16.6. The van der Waals surface area contributed by atoms with Crippen molar-refractivity contribution in [3.8, 4) is 46.0 Å². The lowest BCUT2D eigenvalue weighted by atomic mass is 9.87. The highest BCUT2D eigenvalue weighted by Gasteiger charge is 2.44. The summed E-state index contributed by atoms with van der Waals surface area (Å²) in [4.78, 5) is 55.0. The number of esters is 2. The Morgan fingerprint density at radius 3 is 1.98 bits per heavy atom. The normalized spacial score (nSPS) is 15.5. The van der Waals surface area contributed by atoms with E-state index in [-0.39, 0.29) is 64.4 Å². The second-order valence-corrected chi connectivity index (χ2v) is 11.6. The van der Waals surface area contributed by atoms with Crippen LogP contribution in [0.4, 0.5) is 0 Å². The Kier molecular flexibility index (Phi) is 12.1. The minimum Gasteiger partial charge on any atom is -0.504 e. The van der Waals surface area contributed by atoms with E-state index in [9.17, 15) is 55.2 Å². The molecule has 1 aliphatic rings. The Morgan fingerprint density at radius 2 is 1.38 bits per heavy atom. The van der Waals surface area contributed by atoms with Crippen molar-refractivity contribution in [1.29, 1.82) is 0 Å². The zero-order valence-electron chi connectivity index (χ0n) is 27.6. The second-order valence-electron chi connectivity index (χ2n) is 11.6. The number of hydrogen-bond donors (Lipinski definition) is 8. The van der Waals surface area contributed by atoms with Gasteiger partial charge >= 0.3 is 24.1 Å². The van der Waals surface area contributed by atoms with E-state index in [0.29, 0.717) is 5.56 Å². The summed E-state index contributed by atoms with van der Waals surface area (Å²) in [6.07, 6.45) is -0.335. The molecule has 0 bridgehead atoms. The van der Waals surface area contributed by atoms with E-state index in [2.05, 4.69) is 0 Å². The average Bonchev–Trinajstić information content (AvgIpc) is 3.53. The van der Waals surface area contributed by atoms with Gasteiger partial charge in [0.2, 0.25) is 6.10 Å². The third-order valence-corrected chi connectivity index (χ3v) is 8.19. The number of aromatic hydroxyl groups is 7. The fraction of sp³-hybridized carbons (Fsp3) is 0.189. The number of ether oxygens (including phenoxy) is 3. The Balaban J connectivity index is 0.00000202. The Hall–Kier alpha value is -7.19. The molecule has 0 spiro atoms. The summed E-state index contributed by atoms with van der Waals surface area (Å²) in [5, 5.41) is 79.4. The van der Waals surface area contributed by atoms with Crippen LogP contribution < -0.4 is 4.74 Å². The maximum Gasteiger partial charge on any atom is 0.373 e. The van der Waals surface area contributed by atoms with Crippen LogP contribution in [0.5, 0.6) is 46.0 Å². The van der Waals surface area contributed by atoms with Crippen molar-refractivity contribution in [3.63, 3.8) is 0 Å². The van der Waals surface area contributed by atoms with E-state index < -0.39 is 64.9 Å². The maximum absolute atomic E-state index is 13.7. The molecule has 0 aromatic heterocycles. The third kappa shape index (κ3) is 8.95. The zero-order chi connectivity index (χ0) is 39.0. The van der Waals surface area contributed by atoms with Gasteiger partial charge in [0.1, 0.15) is 12.0 Å². The molecule has 16 heteroatoms. The van der Waals surface area contributed by atoms with Gasteiger partial charge in [-0.15, -0.1) is 0 Å². The molecule has 16 nitrogen and oxygen atoms in total. The zero-order valence-corrected chi connectivity index (χ0v) is 27.6. The van der Waals surface area contributed by atoms with Crippen molar-refractivity contribution in [2.24, 2.45) is 0 Å². The van der Waals surface area contributed by atoms with E-state index in [1.807, 2.05) is 0 Å². The first-order valence-electron chi connectivity index (χ1n) is 15.5. The number of aliphatic carboxylic acids is 1. The number of rotatable bonds is 11. The second kappa shape index (κ2) is 16.7. The van der Waals surface area contributed by atoms with E-state index in [1.165, 1.54) is 73.7 Å². The maximum atomic E-state index is 13.7. The monoisotopic (exact) mass is 732 g/mol. The molecule has 4 atom stereocenters. The number of hydrogen-bond acceptors (Lipinski definition) is 15. The predicted molar refractivity (Wildman–Crippen MR) is 178 cm³/mol. The number of fused-ring (bicyclic) bond motifs is 1. The largest absolute Gasteiger partial charge is 0.504 e. The van der Waals surface area contributed by atoms with Gasteiger partial charge in [-0.25, -0.2) is 9.59 Å². The van der Waals surface area contributed by atoms with Crippen molar-refractivity contribution < 1.29 is 79.0 Å². The number of carboxylic acid groups (broad SMARTS) is 1.